The van der Waals surface area contributed by atoms with Crippen molar-refractivity contribution in [2.45, 2.75) is 19.4 Å². The number of ether oxygens (including phenoxy) is 1. The van der Waals surface area contributed by atoms with Crippen LogP contribution in [0.3, 0.4) is 0 Å². The normalized spacial score (nSPS) is 11.8. The molecule has 2 N–H and O–H groups in total. The molecule has 1 atom stereocenters. The van der Waals surface area contributed by atoms with E-state index in [9.17, 15) is 9.59 Å². The van der Waals surface area contributed by atoms with Gasteiger partial charge in [0.05, 0.1) is 0 Å². The maximum absolute atomic E-state index is 11.5. The standard InChI is InChI=1S/C13H17NO4/c1-2-8-18-9-11(15)14-12(13(16)17)10-6-4-3-5-7-10/h3-7,12H,2,8-9H2,1H3,(H,14,15)(H,16,17). The summed E-state index contributed by atoms with van der Waals surface area (Å²) in [7, 11) is 0. The Kier molecular flexibility index (Phi) is 5.87. The zero-order valence-electron chi connectivity index (χ0n) is 10.3. The zero-order valence-corrected chi connectivity index (χ0v) is 10.3. The first-order valence-electron chi connectivity index (χ1n) is 5.80. The van der Waals surface area contributed by atoms with Gasteiger partial charge in [-0.1, -0.05) is 37.3 Å². The Hall–Kier alpha value is -1.88. The molecule has 0 heterocycles. The van der Waals surface area contributed by atoms with E-state index in [1.807, 2.05) is 6.92 Å². The van der Waals surface area contributed by atoms with E-state index in [2.05, 4.69) is 5.32 Å². The van der Waals surface area contributed by atoms with Gasteiger partial charge in [0.2, 0.25) is 5.91 Å². The Morgan fingerprint density at radius 3 is 2.56 bits per heavy atom. The van der Waals surface area contributed by atoms with Crippen LogP contribution in [-0.4, -0.2) is 30.2 Å². The fourth-order valence-corrected chi connectivity index (χ4v) is 1.44. The number of benzene rings is 1. The molecule has 5 nitrogen and oxygen atoms in total. The minimum Gasteiger partial charge on any atom is -0.479 e. The predicted octanol–water partition coefficient (Wildman–Crippen LogP) is 1.36. The van der Waals surface area contributed by atoms with Crippen molar-refractivity contribution in [1.82, 2.24) is 5.32 Å². The van der Waals surface area contributed by atoms with E-state index in [-0.39, 0.29) is 6.61 Å². The van der Waals surface area contributed by atoms with Gasteiger partial charge in [-0.05, 0) is 12.0 Å². The van der Waals surface area contributed by atoms with Gasteiger partial charge in [0.1, 0.15) is 6.61 Å². The highest BCUT2D eigenvalue weighted by atomic mass is 16.5. The number of carboxylic acids is 1. The van der Waals surface area contributed by atoms with Gasteiger partial charge in [0, 0.05) is 6.61 Å². The van der Waals surface area contributed by atoms with Crippen molar-refractivity contribution < 1.29 is 19.4 Å². The molecule has 0 saturated carbocycles. The highest BCUT2D eigenvalue weighted by Gasteiger charge is 2.21. The summed E-state index contributed by atoms with van der Waals surface area (Å²) in [6.45, 7) is 2.29. The molecule has 1 aromatic rings. The fraction of sp³-hybridized carbons (Fsp3) is 0.385. The molecule has 0 aliphatic heterocycles. The maximum atomic E-state index is 11.5. The Morgan fingerprint density at radius 2 is 2.00 bits per heavy atom. The van der Waals surface area contributed by atoms with Gasteiger partial charge in [0.25, 0.3) is 0 Å². The smallest absolute Gasteiger partial charge is 0.330 e. The Balaban J connectivity index is 2.59. The van der Waals surface area contributed by atoms with Crippen LogP contribution in [0.25, 0.3) is 0 Å². The van der Waals surface area contributed by atoms with Gasteiger partial charge in [-0.2, -0.15) is 0 Å². The highest BCUT2D eigenvalue weighted by molar-refractivity contribution is 5.85. The molecule has 0 radical (unpaired) electrons. The van der Waals surface area contributed by atoms with E-state index in [1.54, 1.807) is 30.3 Å². The van der Waals surface area contributed by atoms with Crippen LogP contribution in [0, 0.1) is 0 Å². The number of nitrogens with one attached hydrogen (secondary N) is 1. The van der Waals surface area contributed by atoms with Crippen molar-refractivity contribution in [1.29, 1.82) is 0 Å². The van der Waals surface area contributed by atoms with Crippen LogP contribution in [0.1, 0.15) is 24.9 Å². The second-order valence-electron chi connectivity index (χ2n) is 3.80. The minimum absolute atomic E-state index is 0.121. The maximum Gasteiger partial charge on any atom is 0.330 e. The van der Waals surface area contributed by atoms with Crippen molar-refractivity contribution in [2.24, 2.45) is 0 Å². The van der Waals surface area contributed by atoms with Crippen molar-refractivity contribution >= 4 is 11.9 Å². The summed E-state index contributed by atoms with van der Waals surface area (Å²) in [5.74, 6) is -1.52. The molecule has 0 saturated heterocycles. The number of carbonyl (C=O) groups is 2. The molecule has 0 spiro atoms. The summed E-state index contributed by atoms with van der Waals surface area (Å²) in [4.78, 5) is 22.6. The first-order chi connectivity index (χ1) is 8.65. The molecule has 0 aliphatic rings. The SMILES string of the molecule is CCCOCC(=O)NC(C(=O)O)c1ccccc1. The number of amides is 1. The van der Waals surface area contributed by atoms with Crippen molar-refractivity contribution in [3.8, 4) is 0 Å². The third-order valence-corrected chi connectivity index (χ3v) is 2.27. The van der Waals surface area contributed by atoms with Crippen LogP contribution in [0.4, 0.5) is 0 Å². The molecular weight excluding hydrogens is 234 g/mol. The van der Waals surface area contributed by atoms with Crippen LogP contribution in [0.5, 0.6) is 0 Å². The summed E-state index contributed by atoms with van der Waals surface area (Å²) < 4.78 is 5.06. The molecule has 0 aromatic heterocycles. The molecule has 1 aromatic carbocycles. The molecule has 0 aliphatic carbocycles. The number of hydrogen-bond donors (Lipinski definition) is 2. The monoisotopic (exact) mass is 251 g/mol. The lowest BCUT2D eigenvalue weighted by atomic mass is 10.1. The lowest BCUT2D eigenvalue weighted by Crippen LogP contribution is -2.36. The van der Waals surface area contributed by atoms with E-state index in [1.165, 1.54) is 0 Å². The number of carbonyl (C=O) groups excluding carboxylic acids is 1. The second-order valence-corrected chi connectivity index (χ2v) is 3.80. The average molecular weight is 251 g/mol. The Labute approximate surface area is 106 Å². The van der Waals surface area contributed by atoms with Crippen LogP contribution in [0.2, 0.25) is 0 Å². The quantitative estimate of drug-likeness (QED) is 0.717. The lowest BCUT2D eigenvalue weighted by molar-refractivity contribution is -0.142. The summed E-state index contributed by atoms with van der Waals surface area (Å²) in [5, 5.41) is 11.5. The van der Waals surface area contributed by atoms with Crippen molar-refractivity contribution in [3.05, 3.63) is 35.9 Å². The summed E-state index contributed by atoms with van der Waals surface area (Å²) in [5.41, 5.74) is 0.536. The van der Waals surface area contributed by atoms with Crippen LogP contribution >= 0.6 is 0 Å². The lowest BCUT2D eigenvalue weighted by Gasteiger charge is -2.14. The van der Waals surface area contributed by atoms with Gasteiger partial charge in [-0.25, -0.2) is 4.79 Å². The van der Waals surface area contributed by atoms with E-state index in [4.69, 9.17) is 9.84 Å². The van der Waals surface area contributed by atoms with E-state index < -0.39 is 17.9 Å². The molecule has 5 heteroatoms. The first kappa shape index (κ1) is 14.2. The van der Waals surface area contributed by atoms with Crippen molar-refractivity contribution in [2.75, 3.05) is 13.2 Å². The van der Waals surface area contributed by atoms with Crippen LogP contribution in [-0.2, 0) is 14.3 Å². The van der Waals surface area contributed by atoms with E-state index >= 15 is 0 Å². The van der Waals surface area contributed by atoms with Gasteiger partial charge in [-0.3, -0.25) is 4.79 Å². The Bertz CT molecular complexity index is 391. The molecule has 0 fully saturated rings. The second kappa shape index (κ2) is 7.45. The van der Waals surface area contributed by atoms with Crippen LogP contribution < -0.4 is 5.32 Å². The minimum atomic E-state index is -1.09. The topological polar surface area (TPSA) is 75.6 Å². The molecule has 98 valence electrons. The summed E-state index contributed by atoms with van der Waals surface area (Å²) >= 11 is 0. The zero-order chi connectivity index (χ0) is 13.4. The third-order valence-electron chi connectivity index (χ3n) is 2.27. The Morgan fingerprint density at radius 1 is 1.33 bits per heavy atom. The molecule has 1 rings (SSSR count). The third kappa shape index (κ3) is 4.55. The molecule has 1 unspecified atom stereocenters. The largest absolute Gasteiger partial charge is 0.479 e. The molecular formula is C13H17NO4. The number of aliphatic carboxylic acids is 1. The first-order valence-corrected chi connectivity index (χ1v) is 5.80. The summed E-state index contributed by atoms with van der Waals surface area (Å²) in [6, 6.07) is 7.52. The average Bonchev–Trinajstić information content (AvgIpc) is 2.37. The highest BCUT2D eigenvalue weighted by Crippen LogP contribution is 2.12. The van der Waals surface area contributed by atoms with Crippen LogP contribution in [0.15, 0.2) is 30.3 Å². The van der Waals surface area contributed by atoms with E-state index in [0.717, 1.165) is 6.42 Å². The van der Waals surface area contributed by atoms with Gasteiger partial charge in [0.15, 0.2) is 6.04 Å². The van der Waals surface area contributed by atoms with Crippen molar-refractivity contribution in [3.63, 3.8) is 0 Å². The van der Waals surface area contributed by atoms with Gasteiger partial charge >= 0.3 is 5.97 Å². The van der Waals surface area contributed by atoms with Gasteiger partial charge in [-0.15, -0.1) is 0 Å². The molecule has 18 heavy (non-hydrogen) atoms. The molecule has 1 amide bonds. The van der Waals surface area contributed by atoms with E-state index in [0.29, 0.717) is 12.2 Å². The summed E-state index contributed by atoms with van der Waals surface area (Å²) in [6.07, 6.45) is 0.814. The number of hydrogen-bond acceptors (Lipinski definition) is 3. The fourth-order valence-electron chi connectivity index (χ4n) is 1.44. The number of rotatable bonds is 7. The predicted molar refractivity (Wildman–Crippen MR) is 66.1 cm³/mol. The molecule has 0 bridgehead atoms. The van der Waals surface area contributed by atoms with Gasteiger partial charge < -0.3 is 15.2 Å². The number of carboxylic acid groups (broad SMARTS) is 1.